The van der Waals surface area contributed by atoms with E-state index in [1.165, 1.54) is 11.8 Å². The summed E-state index contributed by atoms with van der Waals surface area (Å²) in [5.74, 6) is 0. The number of rotatable bonds is 3. The predicted molar refractivity (Wildman–Crippen MR) is 64.3 cm³/mol. The standard InChI is InChI=1S/C13H14N2O/c1-2-4-10-5-3-6-11(9-10)12-7-8-14-13(16)15-12/h3,5-9H,2,4H2,1H3,(H,14,15,16). The fraction of sp³-hybridized carbons (Fsp3) is 0.231. The van der Waals surface area contributed by atoms with Gasteiger partial charge in [-0.3, -0.25) is 0 Å². The summed E-state index contributed by atoms with van der Waals surface area (Å²) in [5.41, 5.74) is 2.83. The smallest absolute Gasteiger partial charge is 0.305 e. The number of nitrogens with zero attached hydrogens (tertiary/aromatic N) is 1. The van der Waals surface area contributed by atoms with Crippen molar-refractivity contribution in [3.05, 3.63) is 52.6 Å². The summed E-state index contributed by atoms with van der Waals surface area (Å²) >= 11 is 0. The highest BCUT2D eigenvalue weighted by Gasteiger charge is 1.99. The minimum absolute atomic E-state index is 0.307. The van der Waals surface area contributed by atoms with Gasteiger partial charge in [0.05, 0.1) is 5.69 Å². The third-order valence-corrected chi connectivity index (χ3v) is 2.45. The molecular formula is C13H14N2O. The van der Waals surface area contributed by atoms with Crippen LogP contribution in [0, 0.1) is 0 Å². The molecule has 0 saturated carbocycles. The second-order valence-corrected chi connectivity index (χ2v) is 3.74. The van der Waals surface area contributed by atoms with Crippen molar-refractivity contribution < 1.29 is 0 Å². The molecule has 0 amide bonds. The van der Waals surface area contributed by atoms with Crippen LogP contribution in [0.25, 0.3) is 11.3 Å². The Morgan fingerprint density at radius 3 is 2.94 bits per heavy atom. The maximum Gasteiger partial charge on any atom is 0.345 e. The molecule has 2 rings (SSSR count). The van der Waals surface area contributed by atoms with Gasteiger partial charge in [0.2, 0.25) is 0 Å². The Labute approximate surface area is 94.2 Å². The molecule has 2 aromatic rings. The maximum absolute atomic E-state index is 11.1. The molecule has 0 aliphatic rings. The highest BCUT2D eigenvalue weighted by molar-refractivity contribution is 5.59. The second-order valence-electron chi connectivity index (χ2n) is 3.74. The summed E-state index contributed by atoms with van der Waals surface area (Å²) in [7, 11) is 0. The Morgan fingerprint density at radius 1 is 1.31 bits per heavy atom. The van der Waals surface area contributed by atoms with Gasteiger partial charge in [0.1, 0.15) is 0 Å². The van der Waals surface area contributed by atoms with Crippen molar-refractivity contribution in [3.63, 3.8) is 0 Å². The van der Waals surface area contributed by atoms with Gasteiger partial charge in [-0.15, -0.1) is 0 Å². The first kappa shape index (κ1) is 10.6. The number of benzene rings is 1. The first-order valence-corrected chi connectivity index (χ1v) is 5.44. The van der Waals surface area contributed by atoms with Crippen LogP contribution in [0.15, 0.2) is 41.3 Å². The Bertz CT molecular complexity index is 531. The zero-order chi connectivity index (χ0) is 11.4. The molecule has 1 N–H and O–H groups in total. The second kappa shape index (κ2) is 4.75. The van der Waals surface area contributed by atoms with Crippen molar-refractivity contribution in [2.75, 3.05) is 0 Å². The molecule has 1 aromatic carbocycles. The minimum atomic E-state index is -0.307. The Morgan fingerprint density at radius 2 is 2.19 bits per heavy atom. The number of nitrogens with one attached hydrogen (secondary N) is 1. The van der Waals surface area contributed by atoms with E-state index in [9.17, 15) is 4.79 Å². The van der Waals surface area contributed by atoms with Crippen molar-refractivity contribution in [1.29, 1.82) is 0 Å². The average Bonchev–Trinajstić information content (AvgIpc) is 2.30. The fourth-order valence-electron chi connectivity index (χ4n) is 1.72. The third kappa shape index (κ3) is 2.37. The van der Waals surface area contributed by atoms with E-state index < -0.39 is 0 Å². The van der Waals surface area contributed by atoms with E-state index in [0.29, 0.717) is 0 Å². The van der Waals surface area contributed by atoms with Crippen molar-refractivity contribution in [2.24, 2.45) is 0 Å². The summed E-state index contributed by atoms with van der Waals surface area (Å²) in [6.45, 7) is 2.15. The molecule has 0 aliphatic heterocycles. The first-order valence-electron chi connectivity index (χ1n) is 5.44. The van der Waals surface area contributed by atoms with Crippen molar-refractivity contribution in [2.45, 2.75) is 19.8 Å². The molecule has 3 heteroatoms. The highest BCUT2D eigenvalue weighted by Crippen LogP contribution is 2.17. The lowest BCUT2D eigenvalue weighted by atomic mass is 10.0. The predicted octanol–water partition coefficient (Wildman–Crippen LogP) is 2.39. The molecule has 16 heavy (non-hydrogen) atoms. The molecule has 0 unspecified atom stereocenters. The SMILES string of the molecule is CCCc1cccc(-c2ccnc(=O)[nH]2)c1. The van der Waals surface area contributed by atoms with Gasteiger partial charge in [-0.25, -0.2) is 9.78 Å². The minimum Gasteiger partial charge on any atom is -0.305 e. The lowest BCUT2D eigenvalue weighted by Crippen LogP contribution is -2.09. The Balaban J connectivity index is 2.40. The van der Waals surface area contributed by atoms with Crippen LogP contribution in [-0.2, 0) is 6.42 Å². The number of hydrogen-bond acceptors (Lipinski definition) is 2. The summed E-state index contributed by atoms with van der Waals surface area (Å²) in [5, 5.41) is 0. The summed E-state index contributed by atoms with van der Waals surface area (Å²) in [6, 6.07) is 10.0. The quantitative estimate of drug-likeness (QED) is 0.852. The van der Waals surface area contributed by atoms with Crippen LogP contribution in [0.1, 0.15) is 18.9 Å². The van der Waals surface area contributed by atoms with Gasteiger partial charge in [-0.1, -0.05) is 31.5 Å². The monoisotopic (exact) mass is 214 g/mol. The van der Waals surface area contributed by atoms with Gasteiger partial charge >= 0.3 is 5.69 Å². The van der Waals surface area contributed by atoms with Gasteiger partial charge in [-0.05, 0) is 29.7 Å². The number of aromatic amines is 1. The molecule has 0 bridgehead atoms. The number of H-pyrrole nitrogens is 1. The van der Waals surface area contributed by atoms with E-state index in [1.807, 2.05) is 18.2 Å². The van der Waals surface area contributed by atoms with Gasteiger partial charge in [0, 0.05) is 6.20 Å². The van der Waals surface area contributed by atoms with Crippen LogP contribution in [0.2, 0.25) is 0 Å². The molecular weight excluding hydrogens is 200 g/mol. The molecule has 0 radical (unpaired) electrons. The van der Waals surface area contributed by atoms with E-state index in [4.69, 9.17) is 0 Å². The average molecular weight is 214 g/mol. The van der Waals surface area contributed by atoms with Crippen molar-refractivity contribution >= 4 is 0 Å². The molecule has 1 aromatic heterocycles. The van der Waals surface area contributed by atoms with Crippen LogP contribution in [-0.4, -0.2) is 9.97 Å². The largest absolute Gasteiger partial charge is 0.345 e. The molecule has 0 spiro atoms. The van der Waals surface area contributed by atoms with E-state index in [0.717, 1.165) is 24.1 Å². The van der Waals surface area contributed by atoms with Crippen LogP contribution in [0.5, 0.6) is 0 Å². The molecule has 0 atom stereocenters. The Hall–Kier alpha value is -1.90. The number of aromatic nitrogens is 2. The van der Waals surface area contributed by atoms with Crippen LogP contribution in [0.3, 0.4) is 0 Å². The van der Waals surface area contributed by atoms with E-state index in [1.54, 1.807) is 0 Å². The van der Waals surface area contributed by atoms with Crippen LogP contribution < -0.4 is 5.69 Å². The zero-order valence-electron chi connectivity index (χ0n) is 9.23. The lowest BCUT2D eigenvalue weighted by molar-refractivity contribution is 0.922. The van der Waals surface area contributed by atoms with E-state index in [-0.39, 0.29) is 5.69 Å². The Kier molecular flexibility index (Phi) is 3.15. The molecule has 0 fully saturated rings. The third-order valence-electron chi connectivity index (χ3n) is 2.45. The van der Waals surface area contributed by atoms with Gasteiger partial charge in [0.25, 0.3) is 0 Å². The van der Waals surface area contributed by atoms with Crippen molar-refractivity contribution in [1.82, 2.24) is 9.97 Å². The zero-order valence-corrected chi connectivity index (χ0v) is 9.23. The number of hydrogen-bond donors (Lipinski definition) is 1. The van der Waals surface area contributed by atoms with E-state index in [2.05, 4.69) is 29.0 Å². The summed E-state index contributed by atoms with van der Waals surface area (Å²) in [6.07, 6.45) is 3.71. The summed E-state index contributed by atoms with van der Waals surface area (Å²) in [4.78, 5) is 17.4. The topological polar surface area (TPSA) is 45.8 Å². The normalized spacial score (nSPS) is 10.3. The van der Waals surface area contributed by atoms with E-state index >= 15 is 0 Å². The molecule has 82 valence electrons. The first-order chi connectivity index (χ1) is 7.79. The maximum atomic E-state index is 11.1. The lowest BCUT2D eigenvalue weighted by Gasteiger charge is -2.03. The summed E-state index contributed by atoms with van der Waals surface area (Å²) < 4.78 is 0. The van der Waals surface area contributed by atoms with Crippen molar-refractivity contribution in [3.8, 4) is 11.3 Å². The molecule has 0 aliphatic carbocycles. The number of aryl methyl sites for hydroxylation is 1. The fourth-order valence-corrected chi connectivity index (χ4v) is 1.72. The van der Waals surface area contributed by atoms with Gasteiger partial charge in [-0.2, -0.15) is 0 Å². The molecule has 1 heterocycles. The molecule has 0 saturated heterocycles. The van der Waals surface area contributed by atoms with Gasteiger partial charge in [0.15, 0.2) is 0 Å². The van der Waals surface area contributed by atoms with Crippen LogP contribution >= 0.6 is 0 Å². The highest BCUT2D eigenvalue weighted by atomic mass is 16.1. The van der Waals surface area contributed by atoms with Gasteiger partial charge < -0.3 is 4.98 Å². The molecule has 3 nitrogen and oxygen atoms in total. The van der Waals surface area contributed by atoms with Crippen LogP contribution in [0.4, 0.5) is 0 Å².